The highest BCUT2D eigenvalue weighted by molar-refractivity contribution is 7.19. The predicted molar refractivity (Wildman–Crippen MR) is 382 cm³/mol. The van der Waals surface area contributed by atoms with E-state index in [1.165, 1.54) is 40.4 Å². The number of thiazole rings is 3. The van der Waals surface area contributed by atoms with E-state index in [4.69, 9.17) is 93.3 Å². The molecule has 9 aromatic heterocycles. The van der Waals surface area contributed by atoms with Crippen molar-refractivity contribution in [1.29, 1.82) is 0 Å². The van der Waals surface area contributed by atoms with Crippen LogP contribution in [-0.2, 0) is 0 Å². The first-order valence-electron chi connectivity index (χ1n) is 30.0. The number of hydrogen-bond donors (Lipinski definition) is 6. The molecule has 98 heavy (non-hydrogen) atoms. The molecule has 3 aromatic carbocycles. The van der Waals surface area contributed by atoms with Crippen molar-refractivity contribution in [3.05, 3.63) is 126 Å². The number of fused-ring (bicyclic) bond motifs is 3. The van der Waals surface area contributed by atoms with E-state index in [0.29, 0.717) is 103 Å². The molecule has 12 aromatic rings. The molecule has 0 saturated carbocycles. The molecule has 2 aliphatic rings. The number of benzene rings is 3. The van der Waals surface area contributed by atoms with E-state index in [1.54, 1.807) is 109 Å². The summed E-state index contributed by atoms with van der Waals surface area (Å²) in [6, 6.07) is 23.0. The van der Waals surface area contributed by atoms with Crippen LogP contribution in [0, 0.1) is 0 Å². The fourth-order valence-corrected chi connectivity index (χ4v) is 13.3. The van der Waals surface area contributed by atoms with Crippen molar-refractivity contribution >= 4 is 118 Å². The van der Waals surface area contributed by atoms with Crippen LogP contribution >= 0.6 is 68.8 Å². The molecule has 0 radical (unpaired) electrons. The van der Waals surface area contributed by atoms with E-state index in [-0.39, 0.29) is 23.2 Å². The standard InChI is InChI=1S/C23H26N6O4S.C18H16ClN5O3S.C12H14N2O3S.C6H3Cl2N3.C5H11NO/c1-31-17-10-14(11-18(32-2)20(17)33-3)19-12-24-23(34-19)26-21-16-7-5-9-29(16)27-22(25-21)28-8-4-6-15(28)13-30;1-25-12-7-10(8-13(26-2)15(12)27-3)14-9-20-18(28-14)22-16-11-5-4-6-24(11)23-17(19)21-16;1-15-8-4-7(10-6-14-12(13)18-10)5-9(16-2)11(8)17-3;7-5-4-2-1-3-11(4)10-6(8)9-5;7-4-5-2-1-3-6-5/h5,7,9-12,15,30H,4,6,8,13H2,1-3H3,(H,24,25,26,27);4-9H,1-3H3,(H,20,21,22,23);4-6H,1-3H3,(H2,13,14);1-3H;5-7H,1-4H2/t15-;;;;5-/m0...0/s1. The average Bonchev–Trinajstić information content (AvgIpc) is 1.59. The van der Waals surface area contributed by atoms with E-state index in [1.807, 2.05) is 79.0 Å². The minimum atomic E-state index is 0.0346. The van der Waals surface area contributed by atoms with Crippen LogP contribution in [0.2, 0.25) is 15.7 Å². The lowest BCUT2D eigenvalue weighted by atomic mass is 10.1. The van der Waals surface area contributed by atoms with Gasteiger partial charge in [-0.2, -0.15) is 9.97 Å². The number of hydrogen-bond acceptors (Lipinski definition) is 28. The largest absolute Gasteiger partial charge is 0.493 e. The van der Waals surface area contributed by atoms with E-state index in [9.17, 15) is 5.11 Å². The summed E-state index contributed by atoms with van der Waals surface area (Å²) in [5, 5.41) is 43.2. The first-order chi connectivity index (χ1) is 47.7. The van der Waals surface area contributed by atoms with Crippen molar-refractivity contribution in [2.45, 2.75) is 37.8 Å². The van der Waals surface area contributed by atoms with E-state index < -0.39 is 0 Å². The van der Waals surface area contributed by atoms with Crippen LogP contribution in [0.4, 0.5) is 33.0 Å². The van der Waals surface area contributed by atoms with Gasteiger partial charge in [0.15, 0.2) is 66.7 Å². The number of nitrogens with one attached hydrogen (secondary N) is 3. The average molecular weight is 1460 g/mol. The highest BCUT2D eigenvalue weighted by atomic mass is 35.5. The molecule has 0 aliphatic carbocycles. The van der Waals surface area contributed by atoms with Gasteiger partial charge in [0.25, 0.3) is 0 Å². The fraction of sp³-hybridized carbons (Fsp3) is 0.297. The number of anilines is 6. The van der Waals surface area contributed by atoms with Gasteiger partial charge in [0, 0.05) is 66.5 Å². The summed E-state index contributed by atoms with van der Waals surface area (Å²) < 4.78 is 53.5. The maximum atomic E-state index is 9.74. The number of nitrogen functional groups attached to an aromatic ring is 1. The zero-order valence-electron chi connectivity index (χ0n) is 54.5. The van der Waals surface area contributed by atoms with Gasteiger partial charge >= 0.3 is 0 Å². The minimum absolute atomic E-state index is 0.0346. The second-order valence-electron chi connectivity index (χ2n) is 20.9. The lowest BCUT2D eigenvalue weighted by Gasteiger charge is -2.23. The number of nitrogens with two attached hydrogens (primary N) is 1. The minimum Gasteiger partial charge on any atom is -0.493 e. The molecule has 0 spiro atoms. The van der Waals surface area contributed by atoms with E-state index >= 15 is 0 Å². The quantitative estimate of drug-likeness (QED) is 0.0438. The Hall–Kier alpha value is -9.44. The third-order valence-corrected chi connectivity index (χ3v) is 18.5. The maximum Gasteiger partial charge on any atom is 0.245 e. The highest BCUT2D eigenvalue weighted by Crippen LogP contribution is 2.46. The van der Waals surface area contributed by atoms with Gasteiger partial charge in [-0.15, -0.1) is 15.3 Å². The number of halogens is 3. The zero-order valence-corrected chi connectivity index (χ0v) is 59.2. The predicted octanol–water partition coefficient (Wildman–Crippen LogP) is 12.0. The van der Waals surface area contributed by atoms with Crippen LogP contribution in [0.5, 0.6) is 51.7 Å². The number of aliphatic hydroxyl groups excluding tert-OH is 2. The molecule has 34 heteroatoms. The van der Waals surface area contributed by atoms with Crippen molar-refractivity contribution in [2.75, 3.05) is 112 Å². The van der Waals surface area contributed by atoms with Gasteiger partial charge in [-0.1, -0.05) is 45.6 Å². The third kappa shape index (κ3) is 16.7. The van der Waals surface area contributed by atoms with Crippen LogP contribution in [0.15, 0.2) is 110 Å². The first kappa shape index (κ1) is 71.3. The van der Waals surface area contributed by atoms with Crippen LogP contribution in [0.3, 0.4) is 0 Å². The van der Waals surface area contributed by atoms with Gasteiger partial charge in [-0.3, -0.25) is 0 Å². The lowest BCUT2D eigenvalue weighted by Crippen LogP contribution is -2.34. The molecule has 2 aliphatic heterocycles. The van der Waals surface area contributed by atoms with Crippen molar-refractivity contribution in [3.63, 3.8) is 0 Å². The second kappa shape index (κ2) is 33.7. The summed E-state index contributed by atoms with van der Waals surface area (Å²) in [4.78, 5) is 30.7. The molecule has 0 unspecified atom stereocenters. The van der Waals surface area contributed by atoms with Gasteiger partial charge in [-0.05, 0) is 128 Å². The second-order valence-corrected chi connectivity index (χ2v) is 25.1. The van der Waals surface area contributed by atoms with Crippen molar-refractivity contribution in [2.24, 2.45) is 0 Å². The number of ether oxygens (including phenoxy) is 9. The Kier molecular flexibility index (Phi) is 24.5. The molecule has 28 nitrogen and oxygen atoms in total. The molecule has 2 atom stereocenters. The van der Waals surface area contributed by atoms with E-state index in [0.717, 1.165) is 80.2 Å². The summed E-state index contributed by atoms with van der Waals surface area (Å²) in [5.41, 5.74) is 10.8. The van der Waals surface area contributed by atoms with Crippen LogP contribution in [0.1, 0.15) is 25.7 Å². The topological polar surface area (TPSA) is 318 Å². The van der Waals surface area contributed by atoms with Crippen LogP contribution in [-0.4, -0.2) is 171 Å². The molecule has 2 fully saturated rings. The Labute approximate surface area is 589 Å². The summed E-state index contributed by atoms with van der Waals surface area (Å²) in [6.07, 6.45) is 15.1. The van der Waals surface area contributed by atoms with Crippen molar-refractivity contribution < 1.29 is 52.8 Å². The summed E-state index contributed by atoms with van der Waals surface area (Å²) >= 11 is 21.7. The van der Waals surface area contributed by atoms with Crippen LogP contribution in [0.25, 0.3) is 47.9 Å². The Balaban J connectivity index is 0.000000145. The van der Waals surface area contributed by atoms with Gasteiger partial charge in [0.1, 0.15) is 16.6 Å². The number of methoxy groups -OCH3 is 9. The van der Waals surface area contributed by atoms with Gasteiger partial charge in [0.2, 0.25) is 33.8 Å². The summed E-state index contributed by atoms with van der Waals surface area (Å²) in [5.74, 6) is 7.03. The summed E-state index contributed by atoms with van der Waals surface area (Å²) in [6.45, 7) is 2.30. The number of aromatic nitrogens is 12. The zero-order chi connectivity index (χ0) is 69.4. The van der Waals surface area contributed by atoms with Crippen molar-refractivity contribution in [1.82, 2.24) is 64.1 Å². The van der Waals surface area contributed by atoms with Crippen molar-refractivity contribution in [3.8, 4) is 83.1 Å². The molecular formula is C64H70Cl3N17O11S3. The first-order valence-corrected chi connectivity index (χ1v) is 33.6. The van der Waals surface area contributed by atoms with E-state index in [2.05, 4.69) is 61.1 Å². The molecule has 11 heterocycles. The highest BCUT2D eigenvalue weighted by Gasteiger charge is 2.28. The number of aliphatic hydroxyl groups is 2. The molecule has 0 amide bonds. The number of rotatable bonds is 19. The lowest BCUT2D eigenvalue weighted by molar-refractivity contribution is 0.255. The maximum absolute atomic E-state index is 9.74. The molecule has 14 rings (SSSR count). The third-order valence-electron chi connectivity index (χ3n) is 15.1. The monoisotopic (exact) mass is 1450 g/mol. The molecule has 0 bridgehead atoms. The Bertz CT molecular complexity index is 4550. The Morgan fingerprint density at radius 3 is 1.36 bits per heavy atom. The normalized spacial score (nSPS) is 13.8. The van der Waals surface area contributed by atoms with Gasteiger partial charge < -0.3 is 79.4 Å². The molecule has 7 N–H and O–H groups in total. The SMILES string of the molecule is COc1cc(-c2cnc(N)s2)cc(OC)c1OC.COc1cc(-c2cnc(Nc3nc(Cl)nn4cccc34)s2)cc(OC)c1OC.COc1cc(-c2cnc(Nc3nc(N4CCC[C@H]4CO)nn4cccc34)s2)cc(OC)c1OC.Clc1nc(Cl)c2cccn2n1.OC[C@@H]1CCCN1. The molecule has 516 valence electrons. The smallest absolute Gasteiger partial charge is 0.245 e. The Morgan fingerprint density at radius 2 is 0.949 bits per heavy atom. The summed E-state index contributed by atoms with van der Waals surface area (Å²) in [7, 11) is 14.3. The number of nitrogens with zero attached hydrogens (tertiary/aromatic N) is 13. The Morgan fingerprint density at radius 1 is 0.520 bits per heavy atom. The molecule has 2 saturated heterocycles. The van der Waals surface area contributed by atoms with Gasteiger partial charge in [-0.25, -0.2) is 33.5 Å². The fourth-order valence-electron chi connectivity index (χ4n) is 10.4. The van der Waals surface area contributed by atoms with Gasteiger partial charge in [0.05, 0.1) is 97.9 Å². The molecular weight excluding hydrogens is 1390 g/mol. The van der Waals surface area contributed by atoms with Crippen LogP contribution < -0.4 is 69.2 Å².